The van der Waals surface area contributed by atoms with Gasteiger partial charge in [-0.1, -0.05) is 6.07 Å². The highest BCUT2D eigenvalue weighted by Crippen LogP contribution is 2.18. The number of hydrogen-bond acceptors (Lipinski definition) is 4. The Morgan fingerprint density at radius 2 is 2.07 bits per heavy atom. The number of benzene rings is 1. The summed E-state index contributed by atoms with van der Waals surface area (Å²) in [6.45, 7) is 6.49. The Kier molecular flexibility index (Phi) is 5.90. The molecule has 0 fully saturated rings. The highest BCUT2D eigenvalue weighted by molar-refractivity contribution is 5.91. The SMILES string of the molecule is Cc1nn(CCC#N)c(C)c1CCC(=O)Nc1cccc(-n2nccc2C)c1. The van der Waals surface area contributed by atoms with Crippen LogP contribution in [0.25, 0.3) is 5.69 Å². The van der Waals surface area contributed by atoms with Crippen LogP contribution < -0.4 is 5.32 Å². The van der Waals surface area contributed by atoms with Gasteiger partial charge in [-0.05, 0) is 57.0 Å². The summed E-state index contributed by atoms with van der Waals surface area (Å²) in [6.07, 6.45) is 3.17. The fraction of sp³-hybridized carbons (Fsp3) is 0.333. The summed E-state index contributed by atoms with van der Waals surface area (Å²) in [6, 6.07) is 11.7. The zero-order valence-electron chi connectivity index (χ0n) is 16.4. The molecule has 1 aromatic carbocycles. The van der Waals surface area contributed by atoms with Gasteiger partial charge in [0, 0.05) is 29.7 Å². The van der Waals surface area contributed by atoms with Crippen LogP contribution in [-0.2, 0) is 17.8 Å². The topological polar surface area (TPSA) is 88.5 Å². The molecule has 28 heavy (non-hydrogen) atoms. The standard InChI is InChI=1S/C21H24N6O/c1-15-10-12-23-27(15)19-7-4-6-18(14-19)24-21(28)9-8-20-16(2)25-26(17(20)3)13-5-11-22/h4,6-7,10,12,14H,5,8-9,13H2,1-3H3,(H,24,28). The minimum atomic E-state index is -0.0436. The zero-order chi connectivity index (χ0) is 20.1. The molecule has 0 unspecified atom stereocenters. The molecule has 1 amide bonds. The minimum absolute atomic E-state index is 0.0436. The summed E-state index contributed by atoms with van der Waals surface area (Å²) >= 11 is 0. The fourth-order valence-corrected chi connectivity index (χ4v) is 3.29. The van der Waals surface area contributed by atoms with E-state index in [-0.39, 0.29) is 5.91 Å². The molecule has 0 atom stereocenters. The van der Waals surface area contributed by atoms with Crippen molar-refractivity contribution >= 4 is 11.6 Å². The van der Waals surface area contributed by atoms with Crippen molar-refractivity contribution in [1.29, 1.82) is 5.26 Å². The Morgan fingerprint density at radius 1 is 1.25 bits per heavy atom. The third kappa shape index (κ3) is 4.29. The molecule has 7 heteroatoms. The second kappa shape index (κ2) is 8.53. The van der Waals surface area contributed by atoms with E-state index in [0.29, 0.717) is 25.8 Å². The maximum Gasteiger partial charge on any atom is 0.224 e. The normalized spacial score (nSPS) is 10.6. The maximum absolute atomic E-state index is 12.4. The van der Waals surface area contributed by atoms with Crippen LogP contribution in [-0.4, -0.2) is 25.5 Å². The fourth-order valence-electron chi connectivity index (χ4n) is 3.29. The van der Waals surface area contributed by atoms with Crippen molar-refractivity contribution in [1.82, 2.24) is 19.6 Å². The van der Waals surface area contributed by atoms with Crippen LogP contribution >= 0.6 is 0 Å². The Balaban J connectivity index is 1.63. The second-order valence-electron chi connectivity index (χ2n) is 6.76. The van der Waals surface area contributed by atoms with E-state index in [1.54, 1.807) is 6.20 Å². The van der Waals surface area contributed by atoms with E-state index in [0.717, 1.165) is 34.0 Å². The summed E-state index contributed by atoms with van der Waals surface area (Å²) in [4.78, 5) is 12.4. The van der Waals surface area contributed by atoms with E-state index in [2.05, 4.69) is 21.6 Å². The Bertz CT molecular complexity index is 1020. The van der Waals surface area contributed by atoms with E-state index >= 15 is 0 Å². The van der Waals surface area contributed by atoms with Gasteiger partial charge in [-0.15, -0.1) is 0 Å². The molecule has 0 saturated heterocycles. The van der Waals surface area contributed by atoms with Crippen LogP contribution in [0.15, 0.2) is 36.5 Å². The highest BCUT2D eigenvalue weighted by Gasteiger charge is 2.13. The molecule has 0 saturated carbocycles. The third-order valence-electron chi connectivity index (χ3n) is 4.78. The molecular formula is C21H24N6O. The molecule has 1 N–H and O–H groups in total. The molecule has 0 bridgehead atoms. The zero-order valence-corrected chi connectivity index (χ0v) is 16.4. The van der Waals surface area contributed by atoms with E-state index in [1.807, 2.05) is 60.5 Å². The number of nitrogens with zero attached hydrogens (tertiary/aromatic N) is 5. The van der Waals surface area contributed by atoms with Gasteiger partial charge in [-0.3, -0.25) is 9.48 Å². The highest BCUT2D eigenvalue weighted by atomic mass is 16.1. The molecular weight excluding hydrogens is 352 g/mol. The van der Waals surface area contributed by atoms with Crippen molar-refractivity contribution in [2.75, 3.05) is 5.32 Å². The number of nitriles is 1. The Morgan fingerprint density at radius 3 is 2.79 bits per heavy atom. The molecule has 3 aromatic rings. The quantitative estimate of drug-likeness (QED) is 0.684. The van der Waals surface area contributed by atoms with Crippen molar-refractivity contribution in [3.63, 3.8) is 0 Å². The number of amides is 1. The minimum Gasteiger partial charge on any atom is -0.326 e. The molecule has 2 heterocycles. The number of rotatable bonds is 7. The van der Waals surface area contributed by atoms with Crippen LogP contribution in [0, 0.1) is 32.1 Å². The largest absolute Gasteiger partial charge is 0.326 e. The first kappa shape index (κ1) is 19.4. The first-order valence-electron chi connectivity index (χ1n) is 9.30. The first-order chi connectivity index (χ1) is 13.5. The van der Waals surface area contributed by atoms with Crippen molar-refractivity contribution in [3.05, 3.63) is 59.2 Å². The molecule has 3 rings (SSSR count). The molecule has 0 aliphatic rings. The predicted molar refractivity (Wildman–Crippen MR) is 107 cm³/mol. The van der Waals surface area contributed by atoms with Crippen LogP contribution in [0.4, 0.5) is 5.69 Å². The molecule has 0 radical (unpaired) electrons. The van der Waals surface area contributed by atoms with Crippen LogP contribution in [0.1, 0.15) is 35.5 Å². The predicted octanol–water partition coefficient (Wildman–Crippen LogP) is 3.48. The van der Waals surface area contributed by atoms with Crippen LogP contribution in [0.5, 0.6) is 0 Å². The number of anilines is 1. The van der Waals surface area contributed by atoms with Crippen molar-refractivity contribution in [2.24, 2.45) is 0 Å². The van der Waals surface area contributed by atoms with Crippen LogP contribution in [0.3, 0.4) is 0 Å². The lowest BCUT2D eigenvalue weighted by molar-refractivity contribution is -0.116. The number of aromatic nitrogens is 4. The molecule has 0 spiro atoms. The number of aryl methyl sites for hydroxylation is 3. The lowest BCUT2D eigenvalue weighted by Gasteiger charge is -2.09. The smallest absolute Gasteiger partial charge is 0.224 e. The second-order valence-corrected chi connectivity index (χ2v) is 6.76. The number of carbonyl (C=O) groups is 1. The van der Waals surface area contributed by atoms with E-state index in [1.165, 1.54) is 0 Å². The first-order valence-corrected chi connectivity index (χ1v) is 9.30. The lowest BCUT2D eigenvalue weighted by Crippen LogP contribution is -2.13. The number of carbonyl (C=O) groups excluding carboxylic acids is 1. The lowest BCUT2D eigenvalue weighted by atomic mass is 10.1. The van der Waals surface area contributed by atoms with E-state index < -0.39 is 0 Å². The Hall–Kier alpha value is -3.40. The van der Waals surface area contributed by atoms with Gasteiger partial charge in [0.15, 0.2) is 0 Å². The summed E-state index contributed by atoms with van der Waals surface area (Å²) in [5.41, 5.74) is 5.70. The van der Waals surface area contributed by atoms with Gasteiger partial charge in [0.25, 0.3) is 0 Å². The van der Waals surface area contributed by atoms with Gasteiger partial charge in [-0.25, -0.2) is 4.68 Å². The van der Waals surface area contributed by atoms with Gasteiger partial charge in [-0.2, -0.15) is 15.5 Å². The van der Waals surface area contributed by atoms with Gasteiger partial charge >= 0.3 is 0 Å². The average Bonchev–Trinajstić information content (AvgIpc) is 3.21. The molecule has 0 aliphatic heterocycles. The average molecular weight is 376 g/mol. The van der Waals surface area contributed by atoms with Gasteiger partial charge in [0.1, 0.15) is 0 Å². The maximum atomic E-state index is 12.4. The van der Waals surface area contributed by atoms with Crippen molar-refractivity contribution in [3.8, 4) is 11.8 Å². The van der Waals surface area contributed by atoms with Crippen molar-refractivity contribution < 1.29 is 4.79 Å². The summed E-state index contributed by atoms with van der Waals surface area (Å²) in [7, 11) is 0. The Labute approximate surface area is 164 Å². The molecule has 0 aliphatic carbocycles. The molecule has 144 valence electrons. The molecule has 7 nitrogen and oxygen atoms in total. The van der Waals surface area contributed by atoms with Gasteiger partial charge in [0.2, 0.25) is 5.91 Å². The third-order valence-corrected chi connectivity index (χ3v) is 4.78. The van der Waals surface area contributed by atoms with Crippen molar-refractivity contribution in [2.45, 2.75) is 46.6 Å². The van der Waals surface area contributed by atoms with Crippen LogP contribution in [0.2, 0.25) is 0 Å². The number of nitrogens with one attached hydrogen (secondary N) is 1. The monoisotopic (exact) mass is 376 g/mol. The summed E-state index contributed by atoms with van der Waals surface area (Å²) in [5, 5.41) is 20.5. The molecule has 2 aromatic heterocycles. The van der Waals surface area contributed by atoms with Gasteiger partial charge < -0.3 is 5.32 Å². The number of hydrogen-bond donors (Lipinski definition) is 1. The summed E-state index contributed by atoms with van der Waals surface area (Å²) in [5.74, 6) is -0.0436. The summed E-state index contributed by atoms with van der Waals surface area (Å²) < 4.78 is 3.68. The van der Waals surface area contributed by atoms with E-state index in [4.69, 9.17) is 5.26 Å². The van der Waals surface area contributed by atoms with Gasteiger partial charge in [0.05, 0.1) is 30.4 Å². The van der Waals surface area contributed by atoms with E-state index in [9.17, 15) is 4.79 Å².